The Balaban J connectivity index is 3.25. The fourth-order valence-electron chi connectivity index (χ4n) is 1.96. The lowest BCUT2D eigenvalue weighted by molar-refractivity contribution is 0.173. The molecule has 1 atom stereocenters. The normalized spacial score (nSPS) is 12.6. The van der Waals surface area contributed by atoms with E-state index >= 15 is 0 Å². The number of methoxy groups -OCH3 is 2. The SMILES string of the molecule is CNCC(O)c1cc(OC)c(C(C)C)cc1OC. The Labute approximate surface area is 109 Å². The molecule has 1 aromatic carbocycles. The van der Waals surface area contributed by atoms with Gasteiger partial charge in [0.15, 0.2) is 0 Å². The van der Waals surface area contributed by atoms with Crippen molar-refractivity contribution in [2.45, 2.75) is 25.9 Å². The molecule has 1 aromatic rings. The van der Waals surface area contributed by atoms with Crippen LogP contribution in [0.15, 0.2) is 12.1 Å². The van der Waals surface area contributed by atoms with E-state index in [0.29, 0.717) is 18.2 Å². The molecule has 0 aliphatic carbocycles. The number of benzene rings is 1. The molecule has 0 aliphatic rings. The van der Waals surface area contributed by atoms with Crippen LogP contribution >= 0.6 is 0 Å². The second kappa shape index (κ2) is 6.61. The monoisotopic (exact) mass is 253 g/mol. The molecule has 0 amide bonds. The Morgan fingerprint density at radius 1 is 1.11 bits per heavy atom. The highest BCUT2D eigenvalue weighted by Crippen LogP contribution is 2.36. The molecule has 1 rings (SSSR count). The van der Waals surface area contributed by atoms with Gasteiger partial charge in [-0.15, -0.1) is 0 Å². The highest BCUT2D eigenvalue weighted by molar-refractivity contribution is 5.48. The largest absolute Gasteiger partial charge is 0.496 e. The van der Waals surface area contributed by atoms with Gasteiger partial charge in [-0.2, -0.15) is 0 Å². The number of nitrogens with one attached hydrogen (secondary N) is 1. The zero-order chi connectivity index (χ0) is 13.7. The third kappa shape index (κ3) is 3.15. The molecule has 0 fully saturated rings. The lowest BCUT2D eigenvalue weighted by atomic mass is 9.97. The summed E-state index contributed by atoms with van der Waals surface area (Å²) in [5, 5.41) is 13.0. The molecular formula is C14H23NO3. The molecule has 0 radical (unpaired) electrons. The highest BCUT2D eigenvalue weighted by Gasteiger charge is 2.18. The van der Waals surface area contributed by atoms with Gasteiger partial charge in [-0.3, -0.25) is 0 Å². The molecule has 102 valence electrons. The minimum Gasteiger partial charge on any atom is -0.496 e. The van der Waals surface area contributed by atoms with Gasteiger partial charge in [-0.25, -0.2) is 0 Å². The van der Waals surface area contributed by atoms with Gasteiger partial charge in [0.1, 0.15) is 11.5 Å². The smallest absolute Gasteiger partial charge is 0.125 e. The van der Waals surface area contributed by atoms with Crippen LogP contribution in [0, 0.1) is 0 Å². The number of rotatable bonds is 6. The summed E-state index contributed by atoms with van der Waals surface area (Å²) < 4.78 is 10.7. The second-order valence-corrected chi connectivity index (χ2v) is 4.56. The number of aliphatic hydroxyl groups is 1. The molecule has 4 heteroatoms. The molecule has 0 heterocycles. The topological polar surface area (TPSA) is 50.7 Å². The van der Waals surface area contributed by atoms with Crippen LogP contribution in [0.1, 0.15) is 37.0 Å². The first-order chi connectivity index (χ1) is 8.54. The summed E-state index contributed by atoms with van der Waals surface area (Å²) in [7, 11) is 5.05. The molecule has 0 bridgehead atoms. The Hall–Kier alpha value is -1.26. The van der Waals surface area contributed by atoms with Crippen molar-refractivity contribution in [3.63, 3.8) is 0 Å². The average molecular weight is 253 g/mol. The second-order valence-electron chi connectivity index (χ2n) is 4.56. The van der Waals surface area contributed by atoms with Crippen LogP contribution in [0.25, 0.3) is 0 Å². The van der Waals surface area contributed by atoms with E-state index in [9.17, 15) is 5.11 Å². The molecular weight excluding hydrogens is 230 g/mol. The van der Waals surface area contributed by atoms with Gasteiger partial charge < -0.3 is 19.9 Å². The summed E-state index contributed by atoms with van der Waals surface area (Å²) in [4.78, 5) is 0. The molecule has 0 saturated heterocycles. The van der Waals surface area contributed by atoms with Crippen LogP contribution in [0.2, 0.25) is 0 Å². The van der Waals surface area contributed by atoms with Crippen molar-refractivity contribution in [2.24, 2.45) is 0 Å². The minimum absolute atomic E-state index is 0.337. The summed E-state index contributed by atoms with van der Waals surface area (Å²) in [6.07, 6.45) is -0.611. The first-order valence-electron chi connectivity index (χ1n) is 6.13. The van der Waals surface area contributed by atoms with Gasteiger partial charge in [-0.05, 0) is 25.1 Å². The van der Waals surface area contributed by atoms with Gasteiger partial charge in [0.05, 0.1) is 20.3 Å². The zero-order valence-corrected chi connectivity index (χ0v) is 11.8. The number of likely N-dealkylation sites (N-methyl/N-ethyl adjacent to an activating group) is 1. The Morgan fingerprint density at radius 3 is 2.06 bits per heavy atom. The summed E-state index contributed by atoms with van der Waals surface area (Å²) >= 11 is 0. The van der Waals surface area contributed by atoms with Gasteiger partial charge in [0, 0.05) is 17.7 Å². The first kappa shape index (κ1) is 14.8. The molecule has 0 aromatic heterocycles. The van der Waals surface area contributed by atoms with Crippen molar-refractivity contribution in [3.8, 4) is 11.5 Å². The molecule has 0 saturated carbocycles. The Morgan fingerprint density at radius 2 is 1.61 bits per heavy atom. The van der Waals surface area contributed by atoms with Gasteiger partial charge in [0.2, 0.25) is 0 Å². The first-order valence-corrected chi connectivity index (χ1v) is 6.13. The number of ether oxygens (including phenoxy) is 2. The standard InChI is InChI=1S/C14H23NO3/c1-9(2)10-6-14(18-5)11(7-13(10)17-4)12(16)8-15-3/h6-7,9,12,15-16H,8H2,1-5H3. The van der Waals surface area contributed by atoms with Gasteiger partial charge >= 0.3 is 0 Å². The maximum atomic E-state index is 10.1. The molecule has 0 spiro atoms. The summed E-state index contributed by atoms with van der Waals surface area (Å²) in [6.45, 7) is 4.67. The zero-order valence-electron chi connectivity index (χ0n) is 11.8. The van der Waals surface area contributed by atoms with Crippen molar-refractivity contribution in [1.29, 1.82) is 0 Å². The molecule has 1 unspecified atom stereocenters. The van der Waals surface area contributed by atoms with Crippen LogP contribution < -0.4 is 14.8 Å². The van der Waals surface area contributed by atoms with Crippen LogP contribution in [-0.2, 0) is 0 Å². The lowest BCUT2D eigenvalue weighted by Crippen LogP contribution is -2.17. The van der Waals surface area contributed by atoms with Crippen molar-refractivity contribution in [1.82, 2.24) is 5.32 Å². The summed E-state index contributed by atoms with van der Waals surface area (Å²) in [5.41, 5.74) is 1.82. The van der Waals surface area contributed by atoms with E-state index in [1.165, 1.54) is 0 Å². The van der Waals surface area contributed by atoms with Crippen molar-refractivity contribution in [3.05, 3.63) is 23.3 Å². The number of hydrogen-bond donors (Lipinski definition) is 2. The summed E-state index contributed by atoms with van der Waals surface area (Å²) in [5.74, 6) is 1.82. The third-order valence-corrected chi connectivity index (χ3v) is 2.96. The van der Waals surface area contributed by atoms with E-state index in [-0.39, 0.29) is 0 Å². The molecule has 18 heavy (non-hydrogen) atoms. The van der Waals surface area contributed by atoms with E-state index in [4.69, 9.17) is 9.47 Å². The van der Waals surface area contributed by atoms with Gasteiger partial charge in [0.25, 0.3) is 0 Å². The van der Waals surface area contributed by atoms with E-state index < -0.39 is 6.10 Å². The van der Waals surface area contributed by atoms with Gasteiger partial charge in [-0.1, -0.05) is 13.8 Å². The predicted molar refractivity (Wildman–Crippen MR) is 72.5 cm³/mol. The minimum atomic E-state index is -0.611. The number of aliphatic hydroxyl groups excluding tert-OH is 1. The van der Waals surface area contributed by atoms with E-state index in [1.807, 2.05) is 12.1 Å². The Kier molecular flexibility index (Phi) is 5.44. The van der Waals surface area contributed by atoms with E-state index in [1.54, 1.807) is 21.3 Å². The van der Waals surface area contributed by atoms with Crippen LogP contribution in [0.4, 0.5) is 0 Å². The fourth-order valence-corrected chi connectivity index (χ4v) is 1.96. The van der Waals surface area contributed by atoms with Crippen molar-refractivity contribution < 1.29 is 14.6 Å². The Bertz CT molecular complexity index is 391. The fraction of sp³-hybridized carbons (Fsp3) is 0.571. The van der Waals surface area contributed by atoms with E-state index in [2.05, 4.69) is 19.2 Å². The number of hydrogen-bond acceptors (Lipinski definition) is 4. The summed E-state index contributed by atoms with van der Waals surface area (Å²) in [6, 6.07) is 3.80. The maximum absolute atomic E-state index is 10.1. The highest BCUT2D eigenvalue weighted by atomic mass is 16.5. The van der Waals surface area contributed by atoms with Crippen LogP contribution in [0.3, 0.4) is 0 Å². The van der Waals surface area contributed by atoms with Crippen LogP contribution in [0.5, 0.6) is 11.5 Å². The van der Waals surface area contributed by atoms with Crippen LogP contribution in [-0.4, -0.2) is 32.9 Å². The van der Waals surface area contributed by atoms with Crippen molar-refractivity contribution >= 4 is 0 Å². The van der Waals surface area contributed by atoms with E-state index in [0.717, 1.165) is 16.9 Å². The third-order valence-electron chi connectivity index (χ3n) is 2.96. The van der Waals surface area contributed by atoms with Crippen molar-refractivity contribution in [2.75, 3.05) is 27.8 Å². The average Bonchev–Trinajstić information content (AvgIpc) is 2.37. The molecule has 4 nitrogen and oxygen atoms in total. The molecule has 2 N–H and O–H groups in total. The quantitative estimate of drug-likeness (QED) is 0.815. The predicted octanol–water partition coefficient (Wildman–Crippen LogP) is 2.08. The lowest BCUT2D eigenvalue weighted by Gasteiger charge is -2.19. The molecule has 0 aliphatic heterocycles. The maximum Gasteiger partial charge on any atom is 0.125 e.